The average molecular weight is 364 g/mol. The summed E-state index contributed by atoms with van der Waals surface area (Å²) in [6, 6.07) is 9.24. The van der Waals surface area contributed by atoms with Crippen LogP contribution < -0.4 is 0 Å². The number of hydrogen-bond donors (Lipinski definition) is 0. The molecule has 1 aromatic carbocycles. The minimum atomic E-state index is -1.26. The number of hydrogen-bond acceptors (Lipinski definition) is 5. The van der Waals surface area contributed by atoms with Crippen LogP contribution in [0.5, 0.6) is 0 Å². The zero-order chi connectivity index (χ0) is 19.4. The van der Waals surface area contributed by atoms with Crippen LogP contribution in [0.15, 0.2) is 30.3 Å². The van der Waals surface area contributed by atoms with Gasteiger partial charge in [0.1, 0.15) is 0 Å². The van der Waals surface area contributed by atoms with Gasteiger partial charge in [-0.15, -0.1) is 0 Å². The Morgan fingerprint density at radius 1 is 0.923 bits per heavy atom. The molecule has 0 N–H and O–H groups in total. The largest absolute Gasteiger partial charge is 0.294 e. The molecule has 1 aliphatic carbocycles. The normalized spacial score (nSPS) is 20.8. The van der Waals surface area contributed by atoms with Crippen LogP contribution >= 0.6 is 0 Å². The Hall–Kier alpha value is -1.27. The lowest BCUT2D eigenvalue weighted by Gasteiger charge is -2.42. The quantitative estimate of drug-likeness (QED) is 0.299. The predicted molar refractivity (Wildman–Crippen MR) is 99.3 cm³/mol. The van der Waals surface area contributed by atoms with Gasteiger partial charge in [0.15, 0.2) is 5.78 Å². The second-order valence-corrected chi connectivity index (χ2v) is 8.90. The minimum absolute atomic E-state index is 0.0136. The molecule has 1 unspecified atom stereocenters. The third-order valence-corrected chi connectivity index (χ3v) is 4.04. The second kappa shape index (κ2) is 8.17. The molecule has 1 aromatic rings. The third kappa shape index (κ3) is 5.88. The molecule has 146 valence electrons. The number of carbonyl (C=O) groups excluding carboxylic acids is 1. The lowest BCUT2D eigenvalue weighted by Crippen LogP contribution is -2.51. The van der Waals surface area contributed by atoms with Crippen molar-refractivity contribution in [3.8, 4) is 0 Å². The smallest absolute Gasteiger partial charge is 0.243 e. The molecule has 5 nitrogen and oxygen atoms in total. The van der Waals surface area contributed by atoms with Gasteiger partial charge >= 0.3 is 0 Å². The molecular weight excluding hydrogens is 332 g/mol. The number of rotatable bonds is 6. The molecule has 2 rings (SSSR count). The van der Waals surface area contributed by atoms with Gasteiger partial charge < -0.3 is 0 Å². The van der Waals surface area contributed by atoms with Crippen molar-refractivity contribution in [1.82, 2.24) is 0 Å². The van der Waals surface area contributed by atoms with E-state index in [0.717, 1.165) is 12.8 Å². The van der Waals surface area contributed by atoms with Gasteiger partial charge in [-0.05, 0) is 54.4 Å². The summed E-state index contributed by atoms with van der Waals surface area (Å²) in [5, 5.41) is 0. The number of ketones is 1. The van der Waals surface area contributed by atoms with Gasteiger partial charge in [0, 0.05) is 12.0 Å². The molecule has 0 bridgehead atoms. The summed E-state index contributed by atoms with van der Waals surface area (Å²) in [4.78, 5) is 36.0. The fourth-order valence-electron chi connectivity index (χ4n) is 2.85. The van der Waals surface area contributed by atoms with Crippen LogP contribution in [0.1, 0.15) is 77.6 Å². The van der Waals surface area contributed by atoms with Crippen LogP contribution in [0.2, 0.25) is 0 Å². The summed E-state index contributed by atoms with van der Waals surface area (Å²) in [6.07, 6.45) is 3.00. The fourth-order valence-corrected chi connectivity index (χ4v) is 2.85. The summed E-state index contributed by atoms with van der Waals surface area (Å²) in [7, 11) is 0. The molecule has 0 heterocycles. The summed E-state index contributed by atoms with van der Waals surface area (Å²) in [6.45, 7) is 11.3. The first-order valence-corrected chi connectivity index (χ1v) is 9.35. The topological polar surface area (TPSA) is 54.0 Å². The van der Waals surface area contributed by atoms with Gasteiger partial charge in [0.25, 0.3) is 0 Å². The molecule has 1 saturated carbocycles. The van der Waals surface area contributed by atoms with Crippen LogP contribution in [-0.2, 0) is 19.6 Å². The number of Topliss-reactive ketones (excluding diaryl/α,β-unsaturated/α-hetero) is 1. The van der Waals surface area contributed by atoms with Crippen molar-refractivity contribution >= 4 is 5.78 Å². The van der Waals surface area contributed by atoms with E-state index in [9.17, 15) is 4.79 Å². The van der Waals surface area contributed by atoms with Gasteiger partial charge in [0.05, 0.1) is 17.1 Å². The third-order valence-electron chi connectivity index (χ3n) is 4.04. The van der Waals surface area contributed by atoms with Crippen LogP contribution in [-0.4, -0.2) is 22.8 Å². The Balaban J connectivity index is 2.31. The zero-order valence-corrected chi connectivity index (χ0v) is 16.8. The van der Waals surface area contributed by atoms with E-state index in [1.807, 2.05) is 71.9 Å². The molecular formula is C21H32O5. The summed E-state index contributed by atoms with van der Waals surface area (Å²) >= 11 is 0. The first kappa shape index (κ1) is 21.0. The molecule has 0 aromatic heterocycles. The summed E-state index contributed by atoms with van der Waals surface area (Å²) in [5.74, 6) is -1.77. The van der Waals surface area contributed by atoms with Crippen molar-refractivity contribution in [2.45, 2.75) is 84.2 Å². The van der Waals surface area contributed by atoms with Crippen molar-refractivity contribution in [1.29, 1.82) is 0 Å². The highest BCUT2D eigenvalue weighted by Gasteiger charge is 2.51. The lowest BCUT2D eigenvalue weighted by molar-refractivity contribution is -0.552. The zero-order valence-electron chi connectivity index (χ0n) is 16.8. The van der Waals surface area contributed by atoms with Crippen molar-refractivity contribution < 1.29 is 24.3 Å². The maximum atomic E-state index is 13.2. The molecule has 26 heavy (non-hydrogen) atoms. The van der Waals surface area contributed by atoms with Crippen LogP contribution in [0, 0.1) is 5.92 Å². The van der Waals surface area contributed by atoms with Crippen LogP contribution in [0.4, 0.5) is 0 Å². The number of benzene rings is 1. The van der Waals surface area contributed by atoms with Gasteiger partial charge in [-0.2, -0.15) is 9.78 Å². The molecule has 1 aliphatic rings. The van der Waals surface area contributed by atoms with Gasteiger partial charge in [-0.25, -0.2) is 9.78 Å². The SMILES string of the molecule is CC(C)(C)OOC1(OOC(C)(C)C)CCCCC1C(=O)c1ccccc1. The Morgan fingerprint density at radius 3 is 1.96 bits per heavy atom. The first-order valence-electron chi connectivity index (χ1n) is 9.35. The Kier molecular flexibility index (Phi) is 6.61. The van der Waals surface area contributed by atoms with E-state index in [2.05, 4.69) is 0 Å². The monoisotopic (exact) mass is 364 g/mol. The highest BCUT2D eigenvalue weighted by Crippen LogP contribution is 2.41. The first-order chi connectivity index (χ1) is 12.0. The van der Waals surface area contributed by atoms with Gasteiger partial charge in [-0.1, -0.05) is 36.8 Å². The molecule has 1 fully saturated rings. The highest BCUT2D eigenvalue weighted by atomic mass is 17.3. The van der Waals surface area contributed by atoms with Crippen LogP contribution in [0.25, 0.3) is 0 Å². The lowest BCUT2D eigenvalue weighted by atomic mass is 9.79. The second-order valence-electron chi connectivity index (χ2n) is 8.90. The minimum Gasteiger partial charge on any atom is -0.294 e. The van der Waals surface area contributed by atoms with Crippen molar-refractivity contribution in [2.75, 3.05) is 0 Å². The average Bonchev–Trinajstić information content (AvgIpc) is 2.58. The molecule has 1 atom stereocenters. The van der Waals surface area contributed by atoms with E-state index < -0.39 is 22.9 Å². The molecule has 0 aliphatic heterocycles. The summed E-state index contributed by atoms with van der Waals surface area (Å²) in [5.41, 5.74) is -0.423. The van der Waals surface area contributed by atoms with E-state index in [4.69, 9.17) is 19.6 Å². The van der Waals surface area contributed by atoms with E-state index in [-0.39, 0.29) is 5.78 Å². The van der Waals surface area contributed by atoms with E-state index >= 15 is 0 Å². The van der Waals surface area contributed by atoms with E-state index in [1.165, 1.54) is 0 Å². The highest BCUT2D eigenvalue weighted by molar-refractivity contribution is 5.98. The standard InChI is InChI=1S/C21H32O5/c1-19(2,3)23-25-21(26-24-20(4,5)6)15-11-10-14-17(21)18(22)16-12-8-7-9-13-16/h7-9,12-13,17H,10-11,14-15H2,1-6H3. The molecule has 0 saturated heterocycles. The van der Waals surface area contributed by atoms with Gasteiger partial charge in [-0.3, -0.25) is 4.79 Å². The van der Waals surface area contributed by atoms with Crippen molar-refractivity contribution in [3.05, 3.63) is 35.9 Å². The maximum Gasteiger partial charge on any atom is 0.243 e. The molecule has 0 spiro atoms. The Labute approximate surface area is 156 Å². The van der Waals surface area contributed by atoms with Gasteiger partial charge in [0.2, 0.25) is 5.79 Å². The Bertz CT molecular complexity index is 565. The molecule has 5 heteroatoms. The van der Waals surface area contributed by atoms with Crippen LogP contribution in [0.3, 0.4) is 0 Å². The summed E-state index contributed by atoms with van der Waals surface area (Å²) < 4.78 is 0. The number of carbonyl (C=O) groups is 1. The van der Waals surface area contributed by atoms with E-state index in [1.54, 1.807) is 0 Å². The van der Waals surface area contributed by atoms with Crippen molar-refractivity contribution in [2.24, 2.45) is 5.92 Å². The molecule has 0 radical (unpaired) electrons. The van der Waals surface area contributed by atoms with E-state index in [0.29, 0.717) is 18.4 Å². The fraction of sp³-hybridized carbons (Fsp3) is 0.667. The predicted octanol–water partition coefficient (Wildman–Crippen LogP) is 5.25. The van der Waals surface area contributed by atoms with Crippen molar-refractivity contribution in [3.63, 3.8) is 0 Å². The molecule has 0 amide bonds. The maximum absolute atomic E-state index is 13.2. The Morgan fingerprint density at radius 2 is 1.46 bits per heavy atom.